The van der Waals surface area contributed by atoms with Crippen molar-refractivity contribution in [1.29, 1.82) is 0 Å². The molecule has 30 heavy (non-hydrogen) atoms. The molecular weight excluding hydrogens is 442 g/mol. The topological polar surface area (TPSA) is 64.6 Å². The summed E-state index contributed by atoms with van der Waals surface area (Å²) in [4.78, 5) is 25.5. The number of amides is 1. The quantitative estimate of drug-likeness (QED) is 0.596. The molecule has 2 bridgehead atoms. The van der Waals surface area contributed by atoms with Crippen LogP contribution in [-0.4, -0.2) is 40.7 Å². The molecule has 8 heteroatoms. The van der Waals surface area contributed by atoms with Crippen molar-refractivity contribution < 1.29 is 19.1 Å². The minimum Gasteiger partial charge on any atom is -0.495 e. The summed E-state index contributed by atoms with van der Waals surface area (Å²) in [5.74, 6) is 3.34. The van der Waals surface area contributed by atoms with Crippen molar-refractivity contribution in [1.82, 2.24) is 0 Å². The maximum atomic E-state index is 12.9. The Hall–Kier alpha value is -1.05. The van der Waals surface area contributed by atoms with E-state index in [1.54, 1.807) is 25.1 Å². The molecule has 5 nitrogen and oxygen atoms in total. The van der Waals surface area contributed by atoms with Crippen LogP contribution in [0.1, 0.15) is 39.0 Å². The highest BCUT2D eigenvalue weighted by molar-refractivity contribution is 8.21. The molecule has 1 unspecified atom stereocenters. The molecule has 1 heterocycles. The lowest BCUT2D eigenvalue weighted by molar-refractivity contribution is -0.159. The van der Waals surface area contributed by atoms with Crippen LogP contribution in [-0.2, 0) is 14.3 Å². The van der Waals surface area contributed by atoms with Gasteiger partial charge in [-0.3, -0.25) is 9.59 Å². The SMILES string of the molecule is COc1ccc(Cl)cc1NC(=O)[C@@H](C)OC(=O)C1C[C@H]2CCC[C@@H](C1)C21SCCS1. The zero-order valence-corrected chi connectivity index (χ0v) is 19.7. The lowest BCUT2D eigenvalue weighted by Gasteiger charge is -2.51. The second-order valence-corrected chi connectivity index (χ2v) is 11.8. The first-order valence-electron chi connectivity index (χ1n) is 10.6. The number of benzene rings is 1. The third-order valence-corrected chi connectivity index (χ3v) is 10.8. The van der Waals surface area contributed by atoms with Gasteiger partial charge in [-0.25, -0.2) is 0 Å². The molecule has 1 N–H and O–H groups in total. The number of nitrogens with one attached hydrogen (secondary N) is 1. The third-order valence-electron chi connectivity index (χ3n) is 6.53. The summed E-state index contributed by atoms with van der Waals surface area (Å²) in [6.07, 6.45) is 4.54. The second-order valence-electron chi connectivity index (χ2n) is 8.32. The van der Waals surface area contributed by atoms with E-state index in [0.29, 0.717) is 32.4 Å². The summed E-state index contributed by atoms with van der Waals surface area (Å²) in [5.41, 5.74) is 0.460. The Morgan fingerprint density at radius 1 is 1.20 bits per heavy atom. The zero-order valence-electron chi connectivity index (χ0n) is 17.3. The van der Waals surface area contributed by atoms with Gasteiger partial charge in [0.05, 0.1) is 22.8 Å². The number of anilines is 1. The van der Waals surface area contributed by atoms with Gasteiger partial charge in [0.1, 0.15) is 5.75 Å². The van der Waals surface area contributed by atoms with Crippen LogP contribution in [0.25, 0.3) is 0 Å². The molecule has 2 aliphatic carbocycles. The minimum atomic E-state index is -0.882. The number of halogens is 1. The standard InChI is InChI=1S/C22H28ClNO4S2/c1-13(20(25)24-18-12-17(23)6-7-19(18)27-2)28-21(26)14-10-15-4-3-5-16(11-14)22(15)29-8-9-30-22/h6-7,12-16H,3-5,8-11H2,1-2H3,(H,24,25)/t13-,14?,15-,16+/m1/s1. The summed E-state index contributed by atoms with van der Waals surface area (Å²) >= 11 is 10.3. The number of carbonyl (C=O) groups is 2. The number of methoxy groups -OCH3 is 1. The summed E-state index contributed by atoms with van der Waals surface area (Å²) in [6, 6.07) is 4.99. The highest BCUT2D eigenvalue weighted by atomic mass is 35.5. The van der Waals surface area contributed by atoms with E-state index in [-0.39, 0.29) is 11.9 Å². The molecule has 164 valence electrons. The highest BCUT2D eigenvalue weighted by Crippen LogP contribution is 2.64. The van der Waals surface area contributed by atoms with Gasteiger partial charge in [-0.15, -0.1) is 23.5 Å². The first-order chi connectivity index (χ1) is 14.4. The number of rotatable bonds is 5. The first-order valence-corrected chi connectivity index (χ1v) is 12.9. The van der Waals surface area contributed by atoms with Gasteiger partial charge < -0.3 is 14.8 Å². The largest absolute Gasteiger partial charge is 0.495 e. The van der Waals surface area contributed by atoms with E-state index in [2.05, 4.69) is 28.8 Å². The van der Waals surface area contributed by atoms with Gasteiger partial charge >= 0.3 is 5.97 Å². The Morgan fingerprint density at radius 2 is 1.87 bits per heavy atom. The number of hydrogen-bond acceptors (Lipinski definition) is 6. The van der Waals surface area contributed by atoms with E-state index in [1.165, 1.54) is 37.9 Å². The van der Waals surface area contributed by atoms with Gasteiger partial charge in [-0.05, 0) is 62.6 Å². The minimum absolute atomic E-state index is 0.108. The van der Waals surface area contributed by atoms with Gasteiger partial charge in [0.2, 0.25) is 0 Å². The molecule has 1 saturated heterocycles. The highest BCUT2D eigenvalue weighted by Gasteiger charge is 2.55. The van der Waals surface area contributed by atoms with Crippen LogP contribution in [0.5, 0.6) is 5.75 Å². The number of thioether (sulfide) groups is 2. The Labute approximate surface area is 191 Å². The van der Waals surface area contributed by atoms with E-state index in [0.717, 1.165) is 12.8 Å². The fourth-order valence-corrected chi connectivity index (χ4v) is 9.25. The average molecular weight is 470 g/mol. The molecule has 1 aromatic rings. The molecular formula is C22H28ClNO4S2. The van der Waals surface area contributed by atoms with E-state index in [4.69, 9.17) is 21.1 Å². The van der Waals surface area contributed by atoms with Crippen molar-refractivity contribution in [2.45, 2.75) is 49.2 Å². The Kier molecular flexibility index (Phi) is 6.80. The Balaban J connectivity index is 1.37. The third kappa shape index (κ3) is 4.30. The predicted molar refractivity (Wildman–Crippen MR) is 123 cm³/mol. The molecule has 0 aromatic heterocycles. The normalized spacial score (nSPS) is 28.0. The molecule has 1 aromatic carbocycles. The molecule has 3 fully saturated rings. The van der Waals surface area contributed by atoms with E-state index < -0.39 is 12.0 Å². The Morgan fingerprint density at radius 3 is 2.50 bits per heavy atom. The van der Waals surface area contributed by atoms with Crippen LogP contribution >= 0.6 is 35.1 Å². The van der Waals surface area contributed by atoms with E-state index in [9.17, 15) is 9.59 Å². The van der Waals surface area contributed by atoms with Crippen LogP contribution in [0.4, 0.5) is 5.69 Å². The molecule has 1 aliphatic heterocycles. The van der Waals surface area contributed by atoms with Crippen LogP contribution in [0.3, 0.4) is 0 Å². The van der Waals surface area contributed by atoms with Crippen LogP contribution in [0.15, 0.2) is 18.2 Å². The maximum absolute atomic E-state index is 12.9. The van der Waals surface area contributed by atoms with Crippen LogP contribution in [0, 0.1) is 17.8 Å². The lowest BCUT2D eigenvalue weighted by atomic mass is 9.67. The van der Waals surface area contributed by atoms with Crippen molar-refractivity contribution in [3.05, 3.63) is 23.2 Å². The number of esters is 1. The summed E-state index contributed by atoms with van der Waals surface area (Å²) in [5, 5.41) is 3.24. The summed E-state index contributed by atoms with van der Waals surface area (Å²) < 4.78 is 11.2. The average Bonchev–Trinajstić information content (AvgIpc) is 3.17. The molecule has 1 amide bonds. The zero-order chi connectivity index (χ0) is 21.3. The monoisotopic (exact) mass is 469 g/mol. The van der Waals surface area contributed by atoms with Gasteiger partial charge in [-0.1, -0.05) is 18.0 Å². The van der Waals surface area contributed by atoms with Gasteiger partial charge in [-0.2, -0.15) is 0 Å². The van der Waals surface area contributed by atoms with Crippen LogP contribution in [0.2, 0.25) is 5.02 Å². The van der Waals surface area contributed by atoms with Crippen molar-refractivity contribution >= 4 is 52.7 Å². The molecule has 4 atom stereocenters. The van der Waals surface area contributed by atoms with Gasteiger partial charge in [0.25, 0.3) is 5.91 Å². The fraction of sp³-hybridized carbons (Fsp3) is 0.636. The van der Waals surface area contributed by atoms with Crippen molar-refractivity contribution in [2.24, 2.45) is 17.8 Å². The van der Waals surface area contributed by atoms with Gasteiger partial charge in [0, 0.05) is 16.5 Å². The van der Waals surface area contributed by atoms with Crippen molar-refractivity contribution in [2.75, 3.05) is 23.9 Å². The summed E-state index contributed by atoms with van der Waals surface area (Å²) in [7, 11) is 1.52. The first kappa shape index (κ1) is 22.2. The maximum Gasteiger partial charge on any atom is 0.309 e. The molecule has 3 aliphatic rings. The summed E-state index contributed by atoms with van der Waals surface area (Å²) in [6.45, 7) is 1.61. The van der Waals surface area contributed by atoms with Crippen molar-refractivity contribution in [3.8, 4) is 5.75 Å². The number of hydrogen-bond donors (Lipinski definition) is 1. The van der Waals surface area contributed by atoms with E-state index in [1.807, 2.05) is 0 Å². The van der Waals surface area contributed by atoms with Crippen LogP contribution < -0.4 is 10.1 Å². The Bertz CT molecular complexity index is 798. The van der Waals surface area contributed by atoms with Gasteiger partial charge in [0.15, 0.2) is 6.10 Å². The smallest absolute Gasteiger partial charge is 0.309 e. The predicted octanol–water partition coefficient (Wildman–Crippen LogP) is 5.22. The number of carbonyl (C=O) groups excluding carboxylic acids is 2. The number of ether oxygens (including phenoxy) is 2. The molecule has 1 spiro atoms. The lowest BCUT2D eigenvalue weighted by Crippen LogP contribution is -2.48. The molecule has 0 radical (unpaired) electrons. The molecule has 4 rings (SSSR count). The van der Waals surface area contributed by atoms with Crippen molar-refractivity contribution in [3.63, 3.8) is 0 Å². The van der Waals surface area contributed by atoms with E-state index >= 15 is 0 Å². The molecule has 2 saturated carbocycles. The second kappa shape index (κ2) is 9.21. The fourth-order valence-electron chi connectivity index (χ4n) is 5.14.